The molecule has 0 aliphatic heterocycles. The monoisotopic (exact) mass is 296 g/mol. The molecule has 17 heavy (non-hydrogen) atoms. The highest BCUT2D eigenvalue weighted by Crippen LogP contribution is 2.25. The Kier molecular flexibility index (Phi) is 6.03. The number of hydrogen-bond acceptors (Lipinski definition) is 3. The fourth-order valence-electron chi connectivity index (χ4n) is 1.55. The average molecular weight is 297 g/mol. The van der Waals surface area contributed by atoms with Gasteiger partial charge in [0.05, 0.1) is 24.1 Å². The highest BCUT2D eigenvalue weighted by molar-refractivity contribution is 9.10. The van der Waals surface area contributed by atoms with Crippen molar-refractivity contribution in [1.29, 1.82) is 5.26 Å². The van der Waals surface area contributed by atoms with Crippen LogP contribution in [-0.4, -0.2) is 13.2 Å². The van der Waals surface area contributed by atoms with Crippen molar-refractivity contribution in [3.05, 3.63) is 28.2 Å². The molecule has 0 amide bonds. The number of nitriles is 1. The summed E-state index contributed by atoms with van der Waals surface area (Å²) in [4.78, 5) is 0. The van der Waals surface area contributed by atoms with Crippen molar-refractivity contribution in [3.63, 3.8) is 0 Å². The molecule has 3 nitrogen and oxygen atoms in total. The quantitative estimate of drug-likeness (QED) is 0.876. The zero-order valence-corrected chi connectivity index (χ0v) is 11.8. The summed E-state index contributed by atoms with van der Waals surface area (Å²) in [5.74, 6) is 0.831. The Morgan fingerprint density at radius 1 is 1.53 bits per heavy atom. The van der Waals surface area contributed by atoms with Crippen LogP contribution in [0, 0.1) is 11.3 Å². The second-order valence-electron chi connectivity index (χ2n) is 3.82. The van der Waals surface area contributed by atoms with Crippen molar-refractivity contribution in [3.8, 4) is 11.8 Å². The third-order valence-corrected chi connectivity index (χ3v) is 3.26. The fraction of sp³-hybridized carbons (Fsp3) is 0.462. The van der Waals surface area contributed by atoms with Crippen molar-refractivity contribution in [2.75, 3.05) is 7.11 Å². The molecule has 0 saturated carbocycles. The van der Waals surface area contributed by atoms with Gasteiger partial charge in [0, 0.05) is 12.6 Å². The Labute approximate surface area is 111 Å². The molecule has 1 aromatic rings. The van der Waals surface area contributed by atoms with Gasteiger partial charge in [0.1, 0.15) is 5.75 Å². The van der Waals surface area contributed by atoms with Crippen molar-refractivity contribution >= 4 is 15.9 Å². The maximum absolute atomic E-state index is 8.66. The van der Waals surface area contributed by atoms with Crippen LogP contribution in [0.15, 0.2) is 22.7 Å². The number of hydrogen-bond donors (Lipinski definition) is 1. The number of halogens is 1. The van der Waals surface area contributed by atoms with E-state index in [1.165, 1.54) is 5.56 Å². The Morgan fingerprint density at radius 3 is 2.82 bits per heavy atom. The molecule has 0 spiro atoms. The number of rotatable bonds is 6. The van der Waals surface area contributed by atoms with Gasteiger partial charge in [-0.3, -0.25) is 0 Å². The zero-order valence-electron chi connectivity index (χ0n) is 10.2. The minimum absolute atomic E-state index is 0.265. The summed E-state index contributed by atoms with van der Waals surface area (Å²) in [6.07, 6.45) is 1.51. The smallest absolute Gasteiger partial charge is 0.133 e. The first kappa shape index (κ1) is 14.0. The van der Waals surface area contributed by atoms with Crippen molar-refractivity contribution in [2.45, 2.75) is 32.4 Å². The van der Waals surface area contributed by atoms with Gasteiger partial charge in [-0.15, -0.1) is 0 Å². The molecule has 0 radical (unpaired) electrons. The summed E-state index contributed by atoms with van der Waals surface area (Å²) in [5.41, 5.74) is 1.18. The van der Waals surface area contributed by atoms with Crippen molar-refractivity contribution < 1.29 is 4.74 Å². The minimum Gasteiger partial charge on any atom is -0.496 e. The predicted octanol–water partition coefficient (Wildman–Crippen LogP) is 3.24. The standard InChI is InChI=1S/C13H17BrN2O/c1-3-11(6-7-15)16-9-10-4-5-13(17-2)12(14)8-10/h4-5,8,11,16H,3,6,9H2,1-2H3. The van der Waals surface area contributed by atoms with E-state index < -0.39 is 0 Å². The molecule has 0 heterocycles. The summed E-state index contributed by atoms with van der Waals surface area (Å²) in [6.45, 7) is 2.85. The summed E-state index contributed by atoms with van der Waals surface area (Å²) >= 11 is 3.46. The van der Waals surface area contributed by atoms with E-state index in [1.807, 2.05) is 18.2 Å². The lowest BCUT2D eigenvalue weighted by molar-refractivity contribution is 0.411. The lowest BCUT2D eigenvalue weighted by Gasteiger charge is -2.14. The van der Waals surface area contributed by atoms with Crippen LogP contribution in [0.4, 0.5) is 0 Å². The van der Waals surface area contributed by atoms with Crippen LogP contribution in [0.5, 0.6) is 5.75 Å². The molecule has 0 fully saturated rings. The molecule has 1 atom stereocenters. The molecule has 4 heteroatoms. The molecular formula is C13H17BrN2O. The lowest BCUT2D eigenvalue weighted by Crippen LogP contribution is -2.27. The van der Waals surface area contributed by atoms with Crippen LogP contribution in [0.25, 0.3) is 0 Å². The maximum atomic E-state index is 8.66. The number of methoxy groups -OCH3 is 1. The number of ether oxygens (including phenoxy) is 1. The van der Waals surface area contributed by atoms with Gasteiger partial charge in [-0.1, -0.05) is 13.0 Å². The first-order valence-corrected chi connectivity index (χ1v) is 6.43. The van der Waals surface area contributed by atoms with E-state index >= 15 is 0 Å². The van der Waals surface area contributed by atoms with Gasteiger partial charge in [-0.2, -0.15) is 5.26 Å². The van der Waals surface area contributed by atoms with Gasteiger partial charge < -0.3 is 10.1 Å². The van der Waals surface area contributed by atoms with Gasteiger partial charge in [-0.05, 0) is 40.0 Å². The molecule has 0 saturated heterocycles. The maximum Gasteiger partial charge on any atom is 0.133 e. The Morgan fingerprint density at radius 2 is 2.29 bits per heavy atom. The molecular weight excluding hydrogens is 280 g/mol. The third-order valence-electron chi connectivity index (χ3n) is 2.64. The minimum atomic E-state index is 0.265. The zero-order chi connectivity index (χ0) is 12.7. The molecule has 1 rings (SSSR count). The van der Waals surface area contributed by atoms with E-state index in [9.17, 15) is 0 Å². The summed E-state index contributed by atoms with van der Waals surface area (Å²) in [5, 5.41) is 12.0. The highest BCUT2D eigenvalue weighted by Gasteiger charge is 2.06. The summed E-state index contributed by atoms with van der Waals surface area (Å²) in [7, 11) is 1.65. The van der Waals surface area contributed by atoms with Crippen LogP contribution < -0.4 is 10.1 Å². The van der Waals surface area contributed by atoms with Crippen LogP contribution in [0.2, 0.25) is 0 Å². The van der Waals surface area contributed by atoms with Gasteiger partial charge in [0.25, 0.3) is 0 Å². The number of nitrogens with zero attached hydrogens (tertiary/aromatic N) is 1. The number of nitrogens with one attached hydrogen (secondary N) is 1. The van der Waals surface area contributed by atoms with Crippen LogP contribution >= 0.6 is 15.9 Å². The second kappa shape index (κ2) is 7.31. The SMILES string of the molecule is CCC(CC#N)NCc1ccc(OC)c(Br)c1. The molecule has 1 aromatic carbocycles. The van der Waals surface area contributed by atoms with Gasteiger partial charge in [-0.25, -0.2) is 0 Å². The van der Waals surface area contributed by atoms with Crippen molar-refractivity contribution in [1.82, 2.24) is 5.32 Å². The molecule has 1 N–H and O–H groups in total. The van der Waals surface area contributed by atoms with Crippen LogP contribution in [0.3, 0.4) is 0 Å². The first-order valence-electron chi connectivity index (χ1n) is 5.64. The van der Waals surface area contributed by atoms with E-state index in [1.54, 1.807) is 7.11 Å². The topological polar surface area (TPSA) is 45.0 Å². The predicted molar refractivity (Wildman–Crippen MR) is 71.8 cm³/mol. The lowest BCUT2D eigenvalue weighted by atomic mass is 10.1. The third kappa shape index (κ3) is 4.37. The second-order valence-corrected chi connectivity index (χ2v) is 4.67. The normalized spacial score (nSPS) is 11.9. The Bertz CT molecular complexity index is 401. The largest absolute Gasteiger partial charge is 0.496 e. The average Bonchev–Trinajstić information content (AvgIpc) is 2.34. The molecule has 0 aromatic heterocycles. The van der Waals surface area contributed by atoms with E-state index in [2.05, 4.69) is 34.2 Å². The van der Waals surface area contributed by atoms with E-state index in [0.29, 0.717) is 6.42 Å². The fourth-order valence-corrected chi connectivity index (χ4v) is 2.14. The van der Waals surface area contributed by atoms with Gasteiger partial charge in [0.15, 0.2) is 0 Å². The van der Waals surface area contributed by atoms with Gasteiger partial charge in [0.2, 0.25) is 0 Å². The molecule has 0 aliphatic carbocycles. The molecule has 0 bridgehead atoms. The summed E-state index contributed by atoms with van der Waals surface area (Å²) in [6, 6.07) is 8.45. The molecule has 92 valence electrons. The Hall–Kier alpha value is -1.05. The van der Waals surface area contributed by atoms with Crippen molar-refractivity contribution in [2.24, 2.45) is 0 Å². The van der Waals surface area contributed by atoms with E-state index in [4.69, 9.17) is 10.00 Å². The molecule has 1 unspecified atom stereocenters. The first-order chi connectivity index (χ1) is 8.21. The Balaban J connectivity index is 2.57. The van der Waals surface area contributed by atoms with E-state index in [0.717, 1.165) is 23.2 Å². The molecule has 0 aliphatic rings. The summed E-state index contributed by atoms with van der Waals surface area (Å²) < 4.78 is 6.13. The highest BCUT2D eigenvalue weighted by atomic mass is 79.9. The van der Waals surface area contributed by atoms with Gasteiger partial charge >= 0.3 is 0 Å². The number of benzene rings is 1. The van der Waals surface area contributed by atoms with E-state index in [-0.39, 0.29) is 6.04 Å². The van der Waals surface area contributed by atoms with Crippen LogP contribution in [0.1, 0.15) is 25.3 Å². The van der Waals surface area contributed by atoms with Crippen LogP contribution in [-0.2, 0) is 6.54 Å².